The number of nitrogens with zero attached hydrogens (tertiary/aromatic N) is 2. The van der Waals surface area contributed by atoms with Crippen molar-refractivity contribution in [3.63, 3.8) is 0 Å². The van der Waals surface area contributed by atoms with Crippen molar-refractivity contribution in [3.05, 3.63) is 45.4 Å². The molecule has 1 aromatic carbocycles. The molecule has 0 radical (unpaired) electrons. The summed E-state index contributed by atoms with van der Waals surface area (Å²) in [5.41, 5.74) is 3.66. The molecule has 3 aliphatic heterocycles. The first kappa shape index (κ1) is 17.7. The lowest BCUT2D eigenvalue weighted by Gasteiger charge is -2.53. The van der Waals surface area contributed by atoms with Crippen LogP contribution in [-0.4, -0.2) is 35.2 Å². The molecule has 2 aromatic rings. The van der Waals surface area contributed by atoms with E-state index in [9.17, 15) is 0 Å². The predicted octanol–water partition coefficient (Wildman–Crippen LogP) is 4.65. The molecule has 5 rings (SSSR count). The van der Waals surface area contributed by atoms with Crippen LogP contribution in [0.3, 0.4) is 0 Å². The summed E-state index contributed by atoms with van der Waals surface area (Å²) in [4.78, 5) is 7.17. The lowest BCUT2D eigenvalue weighted by Crippen LogP contribution is -2.57. The van der Waals surface area contributed by atoms with E-state index in [1.165, 1.54) is 23.2 Å². The zero-order chi connectivity index (χ0) is 18.4. The Labute approximate surface area is 165 Å². The van der Waals surface area contributed by atoms with Crippen LogP contribution >= 0.6 is 11.3 Å². The van der Waals surface area contributed by atoms with Crippen LogP contribution in [0.15, 0.2) is 23.6 Å². The Bertz CT molecular complexity index is 825. The summed E-state index contributed by atoms with van der Waals surface area (Å²) >= 11 is 1.74. The lowest BCUT2D eigenvalue weighted by molar-refractivity contribution is -0.150. The fourth-order valence-corrected chi connectivity index (χ4v) is 5.76. The number of likely N-dealkylation sites (tertiary alicyclic amines) is 1. The third kappa shape index (κ3) is 3.20. The van der Waals surface area contributed by atoms with E-state index in [0.717, 1.165) is 56.3 Å². The van der Waals surface area contributed by atoms with Gasteiger partial charge in [-0.1, -0.05) is 12.1 Å². The quantitative estimate of drug-likeness (QED) is 0.755. The molecule has 2 atom stereocenters. The van der Waals surface area contributed by atoms with E-state index in [0.29, 0.717) is 5.92 Å². The van der Waals surface area contributed by atoms with Gasteiger partial charge in [0.25, 0.3) is 0 Å². The highest BCUT2D eigenvalue weighted by molar-refractivity contribution is 7.09. The average Bonchev–Trinajstić information content (AvgIpc) is 3.08. The maximum absolute atomic E-state index is 6.79. The number of aryl methyl sites for hydroxylation is 2. The van der Waals surface area contributed by atoms with Crippen LogP contribution in [0.4, 0.5) is 0 Å². The molecule has 0 saturated carbocycles. The zero-order valence-electron chi connectivity index (χ0n) is 16.2. The highest BCUT2D eigenvalue weighted by Crippen LogP contribution is 2.53. The van der Waals surface area contributed by atoms with Crippen molar-refractivity contribution in [1.29, 1.82) is 0 Å². The van der Waals surface area contributed by atoms with E-state index in [1.807, 2.05) is 0 Å². The van der Waals surface area contributed by atoms with Crippen LogP contribution in [0.2, 0.25) is 0 Å². The fourth-order valence-electron chi connectivity index (χ4n) is 5.16. The molecule has 0 bridgehead atoms. The number of fused-ring (bicyclic) bond motifs is 4. The first-order valence-electron chi connectivity index (χ1n) is 10.2. The Morgan fingerprint density at radius 1 is 1.26 bits per heavy atom. The number of thiazole rings is 1. The Morgan fingerprint density at radius 3 is 2.89 bits per heavy atom. The van der Waals surface area contributed by atoms with Crippen molar-refractivity contribution < 1.29 is 9.47 Å². The molecule has 5 heteroatoms. The van der Waals surface area contributed by atoms with Crippen molar-refractivity contribution >= 4 is 11.3 Å². The van der Waals surface area contributed by atoms with Crippen LogP contribution in [0, 0.1) is 19.8 Å². The number of aromatic nitrogens is 1. The summed E-state index contributed by atoms with van der Waals surface area (Å²) in [5.74, 6) is 1.53. The van der Waals surface area contributed by atoms with Gasteiger partial charge in [0.15, 0.2) is 0 Å². The molecule has 27 heavy (non-hydrogen) atoms. The van der Waals surface area contributed by atoms with Gasteiger partial charge in [-0.25, -0.2) is 4.98 Å². The van der Waals surface area contributed by atoms with Gasteiger partial charge in [-0.3, -0.25) is 4.90 Å². The Balaban J connectivity index is 1.37. The van der Waals surface area contributed by atoms with Crippen molar-refractivity contribution in [2.24, 2.45) is 5.92 Å². The Hall–Kier alpha value is -1.43. The molecule has 3 aliphatic rings. The Kier molecular flexibility index (Phi) is 4.49. The number of hydrogen-bond donors (Lipinski definition) is 0. The normalized spacial score (nSPS) is 27.0. The minimum atomic E-state index is -0.0691. The second-order valence-electron chi connectivity index (χ2n) is 8.38. The average molecular weight is 385 g/mol. The monoisotopic (exact) mass is 384 g/mol. The van der Waals surface area contributed by atoms with Gasteiger partial charge in [0.2, 0.25) is 0 Å². The summed E-state index contributed by atoms with van der Waals surface area (Å²) in [6.07, 6.45) is 4.72. The smallest absolute Gasteiger partial charge is 0.126 e. The third-order valence-corrected chi connectivity index (χ3v) is 7.36. The third-order valence-electron chi connectivity index (χ3n) is 6.54. The molecular formula is C22H28N2O2S. The van der Waals surface area contributed by atoms with Crippen molar-refractivity contribution in [2.45, 2.75) is 57.8 Å². The highest BCUT2D eigenvalue weighted by atomic mass is 32.1. The molecule has 2 saturated heterocycles. The molecule has 0 amide bonds. The topological polar surface area (TPSA) is 34.6 Å². The Morgan fingerprint density at radius 2 is 2.11 bits per heavy atom. The van der Waals surface area contributed by atoms with Crippen LogP contribution in [0.1, 0.15) is 53.6 Å². The molecule has 0 N–H and O–H groups in total. The predicted molar refractivity (Wildman–Crippen MR) is 107 cm³/mol. The standard InChI is InChI=1S/C22H28N2O2S/c1-15-5-6-18-20(12-15)26-22(19-4-3-11-25-21(18)19)7-9-24(10-8-22)13-17-14-27-16(2)23-17/h5-6,12,14,19,21H,3-4,7-11,13H2,1-2H3/t19-,21+/m1/s1. The van der Waals surface area contributed by atoms with E-state index in [2.05, 4.69) is 47.3 Å². The molecule has 0 aliphatic carbocycles. The second kappa shape index (κ2) is 6.87. The largest absolute Gasteiger partial charge is 0.486 e. The van der Waals surface area contributed by atoms with Crippen LogP contribution in [0.25, 0.3) is 0 Å². The van der Waals surface area contributed by atoms with Crippen molar-refractivity contribution in [1.82, 2.24) is 9.88 Å². The van der Waals surface area contributed by atoms with Gasteiger partial charge < -0.3 is 9.47 Å². The van der Waals surface area contributed by atoms with E-state index >= 15 is 0 Å². The van der Waals surface area contributed by atoms with Gasteiger partial charge in [-0.05, 0) is 38.3 Å². The van der Waals surface area contributed by atoms with Gasteiger partial charge >= 0.3 is 0 Å². The summed E-state index contributed by atoms with van der Waals surface area (Å²) < 4.78 is 13.1. The van der Waals surface area contributed by atoms with E-state index in [-0.39, 0.29) is 11.7 Å². The number of ether oxygens (including phenoxy) is 2. The first-order chi connectivity index (χ1) is 13.1. The number of benzene rings is 1. The second-order valence-corrected chi connectivity index (χ2v) is 9.44. The summed E-state index contributed by atoms with van der Waals surface area (Å²) in [6.45, 7) is 8.20. The van der Waals surface area contributed by atoms with Crippen molar-refractivity contribution in [2.75, 3.05) is 19.7 Å². The number of rotatable bonds is 2. The van der Waals surface area contributed by atoms with E-state index < -0.39 is 0 Å². The summed E-state index contributed by atoms with van der Waals surface area (Å²) in [6, 6.07) is 6.61. The van der Waals surface area contributed by atoms with Gasteiger partial charge in [0.1, 0.15) is 11.4 Å². The zero-order valence-corrected chi connectivity index (χ0v) is 17.1. The minimum Gasteiger partial charge on any atom is -0.486 e. The van der Waals surface area contributed by atoms with Gasteiger partial charge in [-0.15, -0.1) is 11.3 Å². The molecule has 1 spiro atoms. The maximum Gasteiger partial charge on any atom is 0.126 e. The summed E-state index contributed by atoms with van der Waals surface area (Å²) in [5, 5.41) is 3.35. The number of piperidine rings is 1. The molecule has 2 fully saturated rings. The molecule has 144 valence electrons. The van der Waals surface area contributed by atoms with E-state index in [4.69, 9.17) is 9.47 Å². The minimum absolute atomic E-state index is 0.0691. The maximum atomic E-state index is 6.79. The first-order valence-corrected chi connectivity index (χ1v) is 11.1. The lowest BCUT2D eigenvalue weighted by atomic mass is 9.70. The highest BCUT2D eigenvalue weighted by Gasteiger charge is 2.52. The SMILES string of the molecule is Cc1ccc2c(c1)OC1(CCN(Cc3csc(C)n3)CC1)[C@@H]1CCCO[C@@H]21. The van der Waals surface area contributed by atoms with Crippen LogP contribution in [0.5, 0.6) is 5.75 Å². The van der Waals surface area contributed by atoms with E-state index in [1.54, 1.807) is 11.3 Å². The molecule has 0 unspecified atom stereocenters. The molecule has 1 aromatic heterocycles. The van der Waals surface area contributed by atoms with Crippen LogP contribution in [-0.2, 0) is 11.3 Å². The van der Waals surface area contributed by atoms with Crippen LogP contribution < -0.4 is 4.74 Å². The summed E-state index contributed by atoms with van der Waals surface area (Å²) in [7, 11) is 0. The molecular weight excluding hydrogens is 356 g/mol. The van der Waals surface area contributed by atoms with Gasteiger partial charge in [0, 0.05) is 55.9 Å². The van der Waals surface area contributed by atoms with Gasteiger partial charge in [0.05, 0.1) is 16.8 Å². The number of hydrogen-bond acceptors (Lipinski definition) is 5. The molecule has 4 nitrogen and oxygen atoms in total. The van der Waals surface area contributed by atoms with Crippen molar-refractivity contribution in [3.8, 4) is 5.75 Å². The molecule has 4 heterocycles. The fraction of sp³-hybridized carbons (Fsp3) is 0.591. The van der Waals surface area contributed by atoms with Gasteiger partial charge in [-0.2, -0.15) is 0 Å².